The van der Waals surface area contributed by atoms with E-state index < -0.39 is 11.7 Å². The van der Waals surface area contributed by atoms with Crippen LogP contribution in [0.2, 0.25) is 0 Å². The monoisotopic (exact) mass is 295 g/mol. The van der Waals surface area contributed by atoms with Crippen molar-refractivity contribution in [2.75, 3.05) is 5.32 Å². The average molecular weight is 295 g/mol. The first kappa shape index (κ1) is 15.3. The number of benzene rings is 1. The zero-order valence-electron chi connectivity index (χ0n) is 12.0. The van der Waals surface area contributed by atoms with Crippen LogP contribution in [0.3, 0.4) is 0 Å². The third kappa shape index (κ3) is 3.93. The largest absolute Gasteiger partial charge is 0.416 e. The number of aryl methyl sites for hydroxylation is 2. The van der Waals surface area contributed by atoms with Crippen LogP contribution in [0, 0.1) is 13.8 Å². The van der Waals surface area contributed by atoms with Crippen LogP contribution in [-0.4, -0.2) is 9.97 Å². The van der Waals surface area contributed by atoms with Gasteiger partial charge in [0.2, 0.25) is 5.95 Å². The molecule has 112 valence electrons. The molecule has 0 unspecified atom stereocenters. The van der Waals surface area contributed by atoms with Gasteiger partial charge in [0, 0.05) is 11.4 Å². The van der Waals surface area contributed by atoms with Gasteiger partial charge < -0.3 is 5.32 Å². The minimum absolute atomic E-state index is 0.325. The molecule has 0 spiro atoms. The minimum atomic E-state index is -4.34. The molecule has 0 saturated carbocycles. The highest BCUT2D eigenvalue weighted by molar-refractivity contribution is 5.35. The Morgan fingerprint density at radius 3 is 2.24 bits per heavy atom. The van der Waals surface area contributed by atoms with Crippen molar-refractivity contribution in [2.24, 2.45) is 0 Å². The van der Waals surface area contributed by atoms with Crippen LogP contribution in [0.25, 0.3) is 0 Å². The second-order valence-corrected chi connectivity index (χ2v) is 4.96. The topological polar surface area (TPSA) is 37.8 Å². The Hall–Kier alpha value is -2.11. The summed E-state index contributed by atoms with van der Waals surface area (Å²) in [6.45, 7) is 5.46. The number of nitrogens with one attached hydrogen (secondary N) is 1. The smallest absolute Gasteiger partial charge is 0.348 e. The second kappa shape index (κ2) is 5.71. The molecule has 1 heterocycles. The highest BCUT2D eigenvalue weighted by Crippen LogP contribution is 2.31. The van der Waals surface area contributed by atoms with Crippen molar-refractivity contribution in [1.29, 1.82) is 0 Å². The molecule has 0 radical (unpaired) electrons. The molecule has 2 aromatic rings. The number of nitrogens with zero attached hydrogens (tertiary/aromatic N) is 2. The number of hydrogen-bond acceptors (Lipinski definition) is 3. The third-order valence-electron chi connectivity index (χ3n) is 3.04. The molecule has 21 heavy (non-hydrogen) atoms. The lowest BCUT2D eigenvalue weighted by Gasteiger charge is -2.16. The summed E-state index contributed by atoms with van der Waals surface area (Å²) >= 11 is 0. The zero-order valence-corrected chi connectivity index (χ0v) is 12.0. The summed E-state index contributed by atoms with van der Waals surface area (Å²) in [6.07, 6.45) is -4.34. The first-order valence-corrected chi connectivity index (χ1v) is 6.51. The standard InChI is InChI=1S/C15H16F3N3/c1-9-7-10(2)20-14(19-9)21-11(3)12-5-4-6-13(8-12)15(16,17)18/h4-8,11H,1-3H3,(H,19,20,21)/t11-/m0/s1. The van der Waals surface area contributed by atoms with Crippen LogP contribution in [0.5, 0.6) is 0 Å². The van der Waals surface area contributed by atoms with Gasteiger partial charge in [0.25, 0.3) is 0 Å². The number of alkyl halides is 3. The molecule has 2 rings (SSSR count). The molecule has 1 aromatic heterocycles. The molecular formula is C15H16F3N3. The van der Waals surface area contributed by atoms with Crippen molar-refractivity contribution in [3.05, 3.63) is 52.8 Å². The van der Waals surface area contributed by atoms with E-state index in [2.05, 4.69) is 15.3 Å². The molecule has 0 fully saturated rings. The van der Waals surface area contributed by atoms with E-state index in [1.54, 1.807) is 13.0 Å². The predicted octanol–water partition coefficient (Wildman–Crippen LogP) is 4.29. The van der Waals surface area contributed by atoms with Crippen LogP contribution in [0.15, 0.2) is 30.3 Å². The zero-order chi connectivity index (χ0) is 15.6. The number of anilines is 1. The molecule has 0 saturated heterocycles. The van der Waals surface area contributed by atoms with E-state index in [1.165, 1.54) is 6.07 Å². The molecule has 0 aliphatic heterocycles. The Bertz CT molecular complexity index is 618. The molecule has 1 aromatic carbocycles. The van der Waals surface area contributed by atoms with Crippen LogP contribution in [0.4, 0.5) is 19.1 Å². The van der Waals surface area contributed by atoms with Crippen LogP contribution >= 0.6 is 0 Å². The summed E-state index contributed by atoms with van der Waals surface area (Å²) in [7, 11) is 0. The fraction of sp³-hybridized carbons (Fsp3) is 0.333. The van der Waals surface area contributed by atoms with Gasteiger partial charge in [-0.1, -0.05) is 12.1 Å². The first-order valence-electron chi connectivity index (χ1n) is 6.51. The van der Waals surface area contributed by atoms with Gasteiger partial charge in [-0.15, -0.1) is 0 Å². The summed E-state index contributed by atoms with van der Waals surface area (Å²) in [5.41, 5.74) is 1.49. The molecular weight excluding hydrogens is 279 g/mol. The summed E-state index contributed by atoms with van der Waals surface area (Å²) in [4.78, 5) is 8.45. The summed E-state index contributed by atoms with van der Waals surface area (Å²) in [5, 5.41) is 3.03. The summed E-state index contributed by atoms with van der Waals surface area (Å²) in [6, 6.07) is 6.76. The lowest BCUT2D eigenvalue weighted by molar-refractivity contribution is -0.137. The van der Waals surface area contributed by atoms with E-state index in [-0.39, 0.29) is 6.04 Å². The Kier molecular flexibility index (Phi) is 4.16. The highest BCUT2D eigenvalue weighted by atomic mass is 19.4. The van der Waals surface area contributed by atoms with E-state index in [4.69, 9.17) is 0 Å². The number of rotatable bonds is 3. The average Bonchev–Trinajstić information content (AvgIpc) is 2.36. The van der Waals surface area contributed by atoms with E-state index in [1.807, 2.05) is 19.9 Å². The Morgan fingerprint density at radius 2 is 1.67 bits per heavy atom. The van der Waals surface area contributed by atoms with Gasteiger partial charge in [-0.3, -0.25) is 0 Å². The van der Waals surface area contributed by atoms with Gasteiger partial charge in [-0.2, -0.15) is 13.2 Å². The van der Waals surface area contributed by atoms with Gasteiger partial charge in [0.05, 0.1) is 11.6 Å². The Morgan fingerprint density at radius 1 is 1.05 bits per heavy atom. The molecule has 1 atom stereocenters. The van der Waals surface area contributed by atoms with E-state index in [0.29, 0.717) is 11.5 Å². The number of hydrogen-bond donors (Lipinski definition) is 1. The molecule has 1 N–H and O–H groups in total. The Balaban J connectivity index is 2.22. The van der Waals surface area contributed by atoms with Crippen LogP contribution in [-0.2, 0) is 6.18 Å². The fourth-order valence-electron chi connectivity index (χ4n) is 2.05. The maximum atomic E-state index is 12.7. The van der Waals surface area contributed by atoms with Crippen molar-refractivity contribution in [2.45, 2.75) is 33.0 Å². The van der Waals surface area contributed by atoms with Crippen molar-refractivity contribution in [1.82, 2.24) is 9.97 Å². The lowest BCUT2D eigenvalue weighted by atomic mass is 10.1. The van der Waals surface area contributed by atoms with E-state index in [9.17, 15) is 13.2 Å². The quantitative estimate of drug-likeness (QED) is 0.918. The lowest BCUT2D eigenvalue weighted by Crippen LogP contribution is -2.12. The number of halogens is 3. The maximum Gasteiger partial charge on any atom is 0.416 e. The van der Waals surface area contributed by atoms with Crippen molar-refractivity contribution in [3.63, 3.8) is 0 Å². The molecule has 0 aliphatic carbocycles. The van der Waals surface area contributed by atoms with Gasteiger partial charge in [0.1, 0.15) is 0 Å². The van der Waals surface area contributed by atoms with Crippen LogP contribution < -0.4 is 5.32 Å². The number of aromatic nitrogens is 2. The van der Waals surface area contributed by atoms with Crippen molar-refractivity contribution >= 4 is 5.95 Å². The third-order valence-corrected chi connectivity index (χ3v) is 3.04. The molecule has 0 bridgehead atoms. The van der Waals surface area contributed by atoms with Gasteiger partial charge in [-0.25, -0.2) is 9.97 Å². The van der Waals surface area contributed by atoms with Gasteiger partial charge >= 0.3 is 6.18 Å². The van der Waals surface area contributed by atoms with E-state index in [0.717, 1.165) is 23.5 Å². The molecule has 0 aliphatic rings. The fourth-order valence-corrected chi connectivity index (χ4v) is 2.05. The van der Waals surface area contributed by atoms with E-state index >= 15 is 0 Å². The predicted molar refractivity (Wildman–Crippen MR) is 75.0 cm³/mol. The second-order valence-electron chi connectivity index (χ2n) is 4.96. The summed E-state index contributed by atoms with van der Waals surface area (Å²) < 4.78 is 38.2. The SMILES string of the molecule is Cc1cc(C)nc(N[C@@H](C)c2cccc(C(F)(F)F)c2)n1. The molecule has 3 nitrogen and oxygen atoms in total. The Labute approximate surface area is 121 Å². The van der Waals surface area contributed by atoms with Gasteiger partial charge in [0.15, 0.2) is 0 Å². The van der Waals surface area contributed by atoms with Crippen LogP contribution in [0.1, 0.15) is 35.5 Å². The van der Waals surface area contributed by atoms with Crippen molar-refractivity contribution in [3.8, 4) is 0 Å². The van der Waals surface area contributed by atoms with Crippen molar-refractivity contribution < 1.29 is 13.2 Å². The normalized spacial score (nSPS) is 13.0. The summed E-state index contributed by atoms with van der Waals surface area (Å²) in [5.74, 6) is 0.414. The molecule has 6 heteroatoms. The molecule has 0 amide bonds. The van der Waals surface area contributed by atoms with Gasteiger partial charge in [-0.05, 0) is 44.5 Å². The maximum absolute atomic E-state index is 12.7. The minimum Gasteiger partial charge on any atom is -0.348 e. The highest BCUT2D eigenvalue weighted by Gasteiger charge is 2.30. The first-order chi connectivity index (χ1) is 9.75.